The Kier molecular flexibility index (Phi) is 4.51. The number of amidine groups is 1. The van der Waals surface area contributed by atoms with Gasteiger partial charge in [0.15, 0.2) is 0 Å². The van der Waals surface area contributed by atoms with E-state index in [0.717, 1.165) is 38.3 Å². The van der Waals surface area contributed by atoms with E-state index in [9.17, 15) is 4.79 Å². The second kappa shape index (κ2) is 7.30. The molecule has 144 valence electrons. The summed E-state index contributed by atoms with van der Waals surface area (Å²) in [5, 5.41) is 3.36. The van der Waals surface area contributed by atoms with Gasteiger partial charge in [0, 0.05) is 31.5 Å². The number of piperidine rings is 1. The SMILES string of the molecule is O=C(OCC1c2ccccc2-c2ccccc21)N1CCCC(C2=NCCN2)C1. The average Bonchev–Trinajstić information content (AvgIpc) is 3.39. The van der Waals surface area contributed by atoms with Gasteiger partial charge in [0.25, 0.3) is 0 Å². The summed E-state index contributed by atoms with van der Waals surface area (Å²) in [6.45, 7) is 3.60. The molecule has 1 N–H and O–H groups in total. The van der Waals surface area contributed by atoms with E-state index in [1.54, 1.807) is 0 Å². The summed E-state index contributed by atoms with van der Waals surface area (Å²) in [5.41, 5.74) is 5.00. The van der Waals surface area contributed by atoms with Crippen LogP contribution in [0, 0.1) is 5.92 Å². The summed E-state index contributed by atoms with van der Waals surface area (Å²) in [4.78, 5) is 19.2. The number of likely N-dealkylation sites (tertiary alicyclic amines) is 1. The highest BCUT2D eigenvalue weighted by atomic mass is 16.6. The van der Waals surface area contributed by atoms with Crippen molar-refractivity contribution in [3.8, 4) is 11.1 Å². The Morgan fingerprint density at radius 1 is 1.11 bits per heavy atom. The van der Waals surface area contributed by atoms with Crippen LogP contribution in [0.3, 0.4) is 0 Å². The molecule has 1 aliphatic carbocycles. The van der Waals surface area contributed by atoms with E-state index in [1.165, 1.54) is 22.3 Å². The van der Waals surface area contributed by atoms with Crippen molar-refractivity contribution in [2.45, 2.75) is 18.8 Å². The number of rotatable bonds is 3. The molecule has 2 aromatic carbocycles. The van der Waals surface area contributed by atoms with E-state index in [0.29, 0.717) is 19.1 Å². The number of nitrogens with zero attached hydrogens (tertiary/aromatic N) is 2. The highest BCUT2D eigenvalue weighted by Gasteiger charge is 2.32. The molecule has 2 aromatic rings. The second-order valence-corrected chi connectivity index (χ2v) is 7.78. The fourth-order valence-corrected chi connectivity index (χ4v) is 4.74. The van der Waals surface area contributed by atoms with E-state index in [4.69, 9.17) is 4.74 Å². The van der Waals surface area contributed by atoms with Crippen LogP contribution in [0.4, 0.5) is 4.79 Å². The topological polar surface area (TPSA) is 53.9 Å². The second-order valence-electron chi connectivity index (χ2n) is 7.78. The van der Waals surface area contributed by atoms with E-state index in [1.807, 2.05) is 4.90 Å². The van der Waals surface area contributed by atoms with Gasteiger partial charge in [0.1, 0.15) is 12.4 Å². The number of amides is 1. The molecule has 0 radical (unpaired) electrons. The lowest BCUT2D eigenvalue weighted by Crippen LogP contribution is -2.45. The van der Waals surface area contributed by atoms with Crippen molar-refractivity contribution in [1.29, 1.82) is 0 Å². The van der Waals surface area contributed by atoms with E-state index >= 15 is 0 Å². The highest BCUT2D eigenvalue weighted by molar-refractivity contribution is 5.86. The molecule has 28 heavy (non-hydrogen) atoms. The van der Waals surface area contributed by atoms with Crippen molar-refractivity contribution in [3.63, 3.8) is 0 Å². The zero-order chi connectivity index (χ0) is 18.9. The van der Waals surface area contributed by atoms with Gasteiger partial charge in [-0.3, -0.25) is 4.99 Å². The summed E-state index contributed by atoms with van der Waals surface area (Å²) in [6, 6.07) is 16.9. The first kappa shape index (κ1) is 17.3. The number of aliphatic imine (C=N–C) groups is 1. The smallest absolute Gasteiger partial charge is 0.409 e. The zero-order valence-electron chi connectivity index (χ0n) is 15.9. The fraction of sp³-hybridized carbons (Fsp3) is 0.391. The van der Waals surface area contributed by atoms with Gasteiger partial charge in [-0.15, -0.1) is 0 Å². The lowest BCUT2D eigenvalue weighted by Gasteiger charge is -2.32. The molecular weight excluding hydrogens is 350 g/mol. The predicted octanol–water partition coefficient (Wildman–Crippen LogP) is 3.65. The minimum atomic E-state index is -0.204. The van der Waals surface area contributed by atoms with Crippen molar-refractivity contribution in [3.05, 3.63) is 59.7 Å². The van der Waals surface area contributed by atoms with Crippen LogP contribution in [0.25, 0.3) is 11.1 Å². The molecule has 2 aliphatic heterocycles. The molecule has 5 nitrogen and oxygen atoms in total. The van der Waals surface area contributed by atoms with Gasteiger partial charge in [-0.05, 0) is 35.1 Å². The first-order valence-electron chi connectivity index (χ1n) is 10.2. The minimum absolute atomic E-state index is 0.109. The maximum Gasteiger partial charge on any atom is 0.409 e. The third-order valence-electron chi connectivity index (χ3n) is 6.10. The molecule has 0 saturated carbocycles. The van der Waals surface area contributed by atoms with Gasteiger partial charge >= 0.3 is 6.09 Å². The standard InChI is InChI=1S/C23H25N3O2/c27-23(26-13-5-6-16(14-26)22-24-11-12-25-22)28-15-21-19-9-3-1-7-17(19)18-8-2-4-10-20(18)21/h1-4,7-10,16,21H,5-6,11-15H2,(H,24,25). The van der Waals surface area contributed by atoms with E-state index in [2.05, 4.69) is 58.8 Å². The normalized spacial score (nSPS) is 20.9. The molecule has 0 bridgehead atoms. The first-order chi connectivity index (χ1) is 13.8. The number of ether oxygens (including phenoxy) is 1. The first-order valence-corrected chi connectivity index (χ1v) is 10.2. The Morgan fingerprint density at radius 2 is 1.82 bits per heavy atom. The van der Waals surface area contributed by atoms with E-state index in [-0.39, 0.29) is 12.0 Å². The number of hydrogen-bond donors (Lipinski definition) is 1. The van der Waals surface area contributed by atoms with Crippen LogP contribution in [0.5, 0.6) is 0 Å². The molecule has 1 fully saturated rings. The highest BCUT2D eigenvalue weighted by Crippen LogP contribution is 2.44. The third-order valence-corrected chi connectivity index (χ3v) is 6.10. The molecule has 5 heteroatoms. The van der Waals surface area contributed by atoms with Crippen molar-refractivity contribution in [2.24, 2.45) is 10.9 Å². The Labute approximate surface area is 165 Å². The largest absolute Gasteiger partial charge is 0.448 e. The number of fused-ring (bicyclic) bond motifs is 3. The van der Waals surface area contributed by atoms with Crippen molar-refractivity contribution < 1.29 is 9.53 Å². The Hall–Kier alpha value is -2.82. The third kappa shape index (κ3) is 3.05. The Morgan fingerprint density at radius 3 is 2.50 bits per heavy atom. The molecule has 1 saturated heterocycles. The number of benzene rings is 2. The summed E-state index contributed by atoms with van der Waals surface area (Å²) in [7, 11) is 0. The predicted molar refractivity (Wildman–Crippen MR) is 110 cm³/mol. The van der Waals surface area contributed by atoms with Gasteiger partial charge in [-0.1, -0.05) is 48.5 Å². The molecule has 0 aromatic heterocycles. The van der Waals surface area contributed by atoms with Gasteiger partial charge in [-0.25, -0.2) is 4.79 Å². The van der Waals surface area contributed by atoms with Crippen LogP contribution in [-0.2, 0) is 4.74 Å². The molecule has 2 heterocycles. The Bertz CT molecular complexity index is 878. The van der Waals surface area contributed by atoms with Crippen LogP contribution in [0.1, 0.15) is 29.9 Å². The average molecular weight is 375 g/mol. The van der Waals surface area contributed by atoms with Crippen LogP contribution in [-0.4, -0.2) is 49.6 Å². The van der Waals surface area contributed by atoms with Gasteiger partial charge in [-0.2, -0.15) is 0 Å². The summed E-state index contributed by atoms with van der Waals surface area (Å²) >= 11 is 0. The maximum absolute atomic E-state index is 12.8. The molecule has 1 amide bonds. The molecule has 3 aliphatic rings. The number of nitrogens with one attached hydrogen (secondary N) is 1. The molecule has 5 rings (SSSR count). The lowest BCUT2D eigenvalue weighted by molar-refractivity contribution is 0.0882. The van der Waals surface area contributed by atoms with Crippen LogP contribution >= 0.6 is 0 Å². The van der Waals surface area contributed by atoms with Gasteiger partial charge in [0.05, 0.1) is 6.54 Å². The van der Waals surface area contributed by atoms with Crippen molar-refractivity contribution >= 4 is 11.9 Å². The molecule has 0 spiro atoms. The van der Waals surface area contributed by atoms with Gasteiger partial charge < -0.3 is 15.0 Å². The fourth-order valence-electron chi connectivity index (χ4n) is 4.74. The number of carbonyl (C=O) groups excluding carboxylic acids is 1. The van der Waals surface area contributed by atoms with Crippen molar-refractivity contribution in [2.75, 3.05) is 32.8 Å². The quantitative estimate of drug-likeness (QED) is 0.891. The van der Waals surface area contributed by atoms with Crippen LogP contribution in [0.2, 0.25) is 0 Å². The number of carbonyl (C=O) groups is 1. The number of hydrogen-bond acceptors (Lipinski definition) is 4. The van der Waals surface area contributed by atoms with Crippen LogP contribution < -0.4 is 5.32 Å². The lowest BCUT2D eigenvalue weighted by atomic mass is 9.97. The summed E-state index contributed by atoms with van der Waals surface area (Å²) < 4.78 is 5.82. The van der Waals surface area contributed by atoms with Gasteiger partial charge in [0.2, 0.25) is 0 Å². The summed E-state index contributed by atoms with van der Waals surface area (Å²) in [6.07, 6.45) is 1.87. The maximum atomic E-state index is 12.8. The Balaban J connectivity index is 1.28. The molecule has 1 atom stereocenters. The molecule has 1 unspecified atom stereocenters. The summed E-state index contributed by atoms with van der Waals surface area (Å²) in [5.74, 6) is 1.49. The monoisotopic (exact) mass is 375 g/mol. The zero-order valence-corrected chi connectivity index (χ0v) is 15.9. The van der Waals surface area contributed by atoms with E-state index < -0.39 is 0 Å². The van der Waals surface area contributed by atoms with Crippen LogP contribution in [0.15, 0.2) is 53.5 Å². The van der Waals surface area contributed by atoms with Crippen molar-refractivity contribution in [1.82, 2.24) is 10.2 Å². The molecular formula is C23H25N3O2. The minimum Gasteiger partial charge on any atom is -0.448 e.